The number of nitrogens with zero attached hydrogens (tertiary/aromatic N) is 4. The van der Waals surface area contributed by atoms with Crippen LogP contribution in [0.3, 0.4) is 0 Å². The molecule has 1 atom stereocenters. The van der Waals surface area contributed by atoms with Gasteiger partial charge < -0.3 is 14.8 Å². The molecule has 2 aliphatic heterocycles. The first-order chi connectivity index (χ1) is 11.5. The van der Waals surface area contributed by atoms with Crippen LogP contribution >= 0.6 is 0 Å². The number of rotatable bonds is 5. The van der Waals surface area contributed by atoms with Crippen LogP contribution in [0.15, 0.2) is 17.5 Å². The van der Waals surface area contributed by atoms with Crippen LogP contribution in [0.1, 0.15) is 19.0 Å². The number of piperazine rings is 1. The molecule has 1 N–H and O–H groups in total. The number of esters is 1. The van der Waals surface area contributed by atoms with Gasteiger partial charge in [0.2, 0.25) is 5.91 Å². The molecular formula is C15H21N5O4. The van der Waals surface area contributed by atoms with E-state index in [1.807, 2.05) is 11.1 Å². The first-order valence-electron chi connectivity index (χ1n) is 7.88. The minimum absolute atomic E-state index is 0.0323. The highest BCUT2D eigenvalue weighted by Gasteiger charge is 2.29. The van der Waals surface area contributed by atoms with Gasteiger partial charge in [-0.2, -0.15) is 0 Å². The zero-order valence-electron chi connectivity index (χ0n) is 13.8. The summed E-state index contributed by atoms with van der Waals surface area (Å²) >= 11 is 0. The summed E-state index contributed by atoms with van der Waals surface area (Å²) in [6.45, 7) is 4.69. The van der Waals surface area contributed by atoms with E-state index < -0.39 is 0 Å². The Kier molecular flexibility index (Phi) is 4.79. The Morgan fingerprint density at radius 2 is 2.38 bits per heavy atom. The lowest BCUT2D eigenvalue weighted by molar-refractivity contribution is -0.136. The Hall–Kier alpha value is -2.42. The molecule has 1 aromatic heterocycles. The highest BCUT2D eigenvalue weighted by molar-refractivity contribution is 5.89. The second kappa shape index (κ2) is 7.00. The maximum atomic E-state index is 11.6. The SMILES string of the molecule is COC(=O)C1=C(C)OC(Cn2cc(CN3CCNC(=O)C3)nn2)C1. The van der Waals surface area contributed by atoms with Gasteiger partial charge in [-0.3, -0.25) is 9.69 Å². The van der Waals surface area contributed by atoms with E-state index >= 15 is 0 Å². The molecule has 0 aromatic carbocycles. The number of methoxy groups -OCH3 is 1. The number of ether oxygens (including phenoxy) is 2. The Bertz CT molecular complexity index is 669. The molecule has 9 heteroatoms. The average Bonchev–Trinajstić information content (AvgIpc) is 3.13. The summed E-state index contributed by atoms with van der Waals surface area (Å²) in [5.41, 5.74) is 1.38. The quantitative estimate of drug-likeness (QED) is 0.721. The third-order valence-corrected chi connectivity index (χ3v) is 4.11. The van der Waals surface area contributed by atoms with Crippen LogP contribution in [0.25, 0.3) is 0 Å². The Labute approximate surface area is 139 Å². The molecule has 0 radical (unpaired) electrons. The summed E-state index contributed by atoms with van der Waals surface area (Å²) in [6.07, 6.45) is 2.19. The van der Waals surface area contributed by atoms with Gasteiger partial charge in [-0.05, 0) is 6.92 Å². The number of hydrogen-bond donors (Lipinski definition) is 1. The van der Waals surface area contributed by atoms with E-state index in [0.717, 1.165) is 12.2 Å². The van der Waals surface area contributed by atoms with Crippen LogP contribution in [0, 0.1) is 0 Å². The molecule has 0 saturated carbocycles. The van der Waals surface area contributed by atoms with Gasteiger partial charge in [-0.1, -0.05) is 5.21 Å². The number of hydrogen-bond acceptors (Lipinski definition) is 7. The largest absolute Gasteiger partial charge is 0.492 e. The molecule has 1 aromatic rings. The minimum atomic E-state index is -0.349. The molecule has 0 aliphatic carbocycles. The van der Waals surface area contributed by atoms with Crippen molar-refractivity contribution in [2.24, 2.45) is 0 Å². The number of amides is 1. The van der Waals surface area contributed by atoms with Crippen LogP contribution in [-0.4, -0.2) is 64.6 Å². The van der Waals surface area contributed by atoms with E-state index in [1.165, 1.54) is 7.11 Å². The number of carbonyl (C=O) groups is 2. The van der Waals surface area contributed by atoms with Gasteiger partial charge in [-0.25, -0.2) is 9.48 Å². The lowest BCUT2D eigenvalue weighted by atomic mass is 10.1. The van der Waals surface area contributed by atoms with Crippen LogP contribution in [0.2, 0.25) is 0 Å². The molecule has 0 bridgehead atoms. The highest BCUT2D eigenvalue weighted by Crippen LogP contribution is 2.26. The zero-order chi connectivity index (χ0) is 17.1. The molecule has 0 spiro atoms. The van der Waals surface area contributed by atoms with Crippen molar-refractivity contribution in [2.45, 2.75) is 32.5 Å². The summed E-state index contributed by atoms with van der Waals surface area (Å²) in [5, 5.41) is 11.0. The van der Waals surface area contributed by atoms with Gasteiger partial charge in [0.1, 0.15) is 11.9 Å². The number of aromatic nitrogens is 3. The topological polar surface area (TPSA) is 98.6 Å². The molecule has 2 aliphatic rings. The van der Waals surface area contributed by atoms with E-state index in [1.54, 1.807) is 11.6 Å². The fourth-order valence-electron chi connectivity index (χ4n) is 2.95. The number of allylic oxidation sites excluding steroid dienone is 1. The Morgan fingerprint density at radius 3 is 3.12 bits per heavy atom. The maximum Gasteiger partial charge on any atom is 0.337 e. The van der Waals surface area contributed by atoms with Gasteiger partial charge in [0, 0.05) is 32.3 Å². The number of nitrogens with one attached hydrogen (secondary N) is 1. The van der Waals surface area contributed by atoms with Crippen molar-refractivity contribution in [1.29, 1.82) is 0 Å². The van der Waals surface area contributed by atoms with Crippen molar-refractivity contribution < 1.29 is 19.1 Å². The molecular weight excluding hydrogens is 314 g/mol. The van der Waals surface area contributed by atoms with E-state index in [9.17, 15) is 9.59 Å². The van der Waals surface area contributed by atoms with Crippen LogP contribution in [-0.2, 0) is 32.2 Å². The van der Waals surface area contributed by atoms with Crippen molar-refractivity contribution in [3.63, 3.8) is 0 Å². The summed E-state index contributed by atoms with van der Waals surface area (Å²) in [7, 11) is 1.36. The number of carbonyl (C=O) groups excluding carboxylic acids is 2. The first-order valence-corrected chi connectivity index (χ1v) is 7.88. The molecule has 1 fully saturated rings. The third-order valence-electron chi connectivity index (χ3n) is 4.11. The summed E-state index contributed by atoms with van der Waals surface area (Å²) in [6, 6.07) is 0. The second-order valence-electron chi connectivity index (χ2n) is 5.96. The standard InChI is InChI=1S/C15H21N5O4/c1-10-13(15(22)23-2)5-12(24-10)8-20-7-11(17-18-20)6-19-4-3-16-14(21)9-19/h7,12H,3-6,8-9H2,1-2H3,(H,16,21). The van der Waals surface area contributed by atoms with Gasteiger partial charge in [0.25, 0.3) is 0 Å². The monoisotopic (exact) mass is 335 g/mol. The van der Waals surface area contributed by atoms with Gasteiger partial charge in [0.05, 0.1) is 31.5 Å². The molecule has 130 valence electrons. The van der Waals surface area contributed by atoms with E-state index in [-0.39, 0.29) is 18.0 Å². The molecule has 3 rings (SSSR count). The van der Waals surface area contributed by atoms with Crippen molar-refractivity contribution >= 4 is 11.9 Å². The van der Waals surface area contributed by atoms with Crippen molar-refractivity contribution in [1.82, 2.24) is 25.2 Å². The Morgan fingerprint density at radius 1 is 1.54 bits per heavy atom. The minimum Gasteiger partial charge on any atom is -0.492 e. The first kappa shape index (κ1) is 16.4. The summed E-state index contributed by atoms with van der Waals surface area (Å²) in [5.74, 6) is 0.286. The third kappa shape index (κ3) is 3.73. The smallest absolute Gasteiger partial charge is 0.337 e. The van der Waals surface area contributed by atoms with E-state index in [0.29, 0.717) is 43.9 Å². The van der Waals surface area contributed by atoms with E-state index in [4.69, 9.17) is 9.47 Å². The molecule has 9 nitrogen and oxygen atoms in total. The predicted octanol–water partition coefficient (Wildman–Crippen LogP) is -0.554. The van der Waals surface area contributed by atoms with Gasteiger partial charge >= 0.3 is 5.97 Å². The molecule has 1 saturated heterocycles. The normalized spacial score (nSPS) is 21.6. The highest BCUT2D eigenvalue weighted by atomic mass is 16.5. The van der Waals surface area contributed by atoms with Crippen molar-refractivity contribution in [3.8, 4) is 0 Å². The molecule has 3 heterocycles. The van der Waals surface area contributed by atoms with Crippen LogP contribution in [0.4, 0.5) is 0 Å². The second-order valence-corrected chi connectivity index (χ2v) is 5.96. The average molecular weight is 335 g/mol. The van der Waals surface area contributed by atoms with Crippen LogP contribution in [0.5, 0.6) is 0 Å². The van der Waals surface area contributed by atoms with Gasteiger partial charge in [-0.15, -0.1) is 5.10 Å². The lowest BCUT2D eigenvalue weighted by Crippen LogP contribution is -2.47. The fourth-order valence-corrected chi connectivity index (χ4v) is 2.95. The Balaban J connectivity index is 1.54. The maximum absolute atomic E-state index is 11.6. The van der Waals surface area contributed by atoms with Gasteiger partial charge in [0.15, 0.2) is 0 Å². The summed E-state index contributed by atoms with van der Waals surface area (Å²) in [4.78, 5) is 25.1. The fraction of sp³-hybridized carbons (Fsp3) is 0.600. The molecule has 24 heavy (non-hydrogen) atoms. The molecule has 1 unspecified atom stereocenters. The summed E-state index contributed by atoms with van der Waals surface area (Å²) < 4.78 is 12.2. The van der Waals surface area contributed by atoms with Crippen molar-refractivity contribution in [3.05, 3.63) is 23.2 Å². The van der Waals surface area contributed by atoms with E-state index in [2.05, 4.69) is 15.6 Å². The van der Waals surface area contributed by atoms with Crippen molar-refractivity contribution in [2.75, 3.05) is 26.7 Å². The predicted molar refractivity (Wildman–Crippen MR) is 82.5 cm³/mol. The lowest BCUT2D eigenvalue weighted by Gasteiger charge is -2.25. The van der Waals surface area contributed by atoms with Crippen LogP contribution < -0.4 is 5.32 Å². The molecule has 1 amide bonds. The zero-order valence-corrected chi connectivity index (χ0v) is 13.8.